The Balaban J connectivity index is 2.76. The van der Waals surface area contributed by atoms with E-state index >= 15 is 0 Å². The molecule has 2 N–H and O–H groups in total. The Labute approximate surface area is 124 Å². The molecule has 0 unspecified atom stereocenters. The van der Waals surface area contributed by atoms with Crippen molar-refractivity contribution in [2.75, 3.05) is 13.7 Å². The van der Waals surface area contributed by atoms with Crippen molar-refractivity contribution in [3.05, 3.63) is 0 Å². The summed E-state index contributed by atoms with van der Waals surface area (Å²) in [6.07, 6.45) is -0.0827. The van der Waals surface area contributed by atoms with Gasteiger partial charge in [-0.1, -0.05) is 13.8 Å². The number of likely N-dealkylation sites (tertiary alicyclic amines) is 1. The topological polar surface area (TPSA) is 95.9 Å². The molecule has 0 radical (unpaired) electrons. The number of ether oxygens (including phenoxy) is 1. The Hall–Kier alpha value is -1.63. The normalized spacial score (nSPS) is 23.0. The highest BCUT2D eigenvalue weighted by Gasteiger charge is 2.38. The lowest BCUT2D eigenvalue weighted by Crippen LogP contribution is -2.51. The molecule has 0 spiro atoms. The molecular weight excluding hydrogens is 276 g/mol. The van der Waals surface area contributed by atoms with Gasteiger partial charge in [-0.25, -0.2) is 4.79 Å². The van der Waals surface area contributed by atoms with Gasteiger partial charge >= 0.3 is 5.97 Å². The number of nitrogens with one attached hydrogen (secondary N) is 1. The Bertz CT molecular complexity index is 410. The average Bonchev–Trinajstić information content (AvgIpc) is 2.78. The van der Waals surface area contributed by atoms with Gasteiger partial charge in [0.2, 0.25) is 11.8 Å². The maximum absolute atomic E-state index is 12.3. The number of aliphatic hydroxyl groups is 1. The number of carbonyl (C=O) groups excluding carboxylic acids is 3. The van der Waals surface area contributed by atoms with E-state index in [1.54, 1.807) is 0 Å². The number of hydrogen-bond donors (Lipinski definition) is 2. The summed E-state index contributed by atoms with van der Waals surface area (Å²) in [5, 5.41) is 12.3. The number of methoxy groups -OCH3 is 1. The summed E-state index contributed by atoms with van der Waals surface area (Å²) < 4.78 is 4.69. The van der Waals surface area contributed by atoms with Crippen molar-refractivity contribution >= 4 is 17.8 Å². The molecule has 3 atom stereocenters. The minimum Gasteiger partial charge on any atom is -0.467 e. The number of carbonyl (C=O) groups is 3. The van der Waals surface area contributed by atoms with Crippen LogP contribution in [0.3, 0.4) is 0 Å². The number of β-amino-alcohol motifs (C(OH)–C–C–N with tert-alkyl or cyclic N) is 1. The van der Waals surface area contributed by atoms with E-state index in [4.69, 9.17) is 0 Å². The molecule has 0 aromatic carbocycles. The number of hydrogen-bond acceptors (Lipinski definition) is 5. The van der Waals surface area contributed by atoms with E-state index in [9.17, 15) is 19.5 Å². The maximum atomic E-state index is 12.3. The standard InChI is InChI=1S/C14H24N2O5/c1-8(2)5-11(14(20)21-4)15-13(19)12-6-10(18)7-16(12)9(3)17/h8,10-12,18H,5-7H2,1-4H3,(H,15,19)/t10-,11-,12+/m1/s1. The van der Waals surface area contributed by atoms with Crippen LogP contribution in [-0.4, -0.2) is 59.6 Å². The van der Waals surface area contributed by atoms with Crippen LogP contribution >= 0.6 is 0 Å². The predicted octanol–water partition coefficient (Wildman–Crippen LogP) is -0.328. The minimum absolute atomic E-state index is 0.139. The SMILES string of the molecule is COC(=O)[C@@H](CC(C)C)NC(=O)[C@@H]1C[C@@H](O)CN1C(C)=O. The second kappa shape index (κ2) is 7.40. The summed E-state index contributed by atoms with van der Waals surface area (Å²) in [5.74, 6) is -1.01. The minimum atomic E-state index is -0.742. The third kappa shape index (κ3) is 4.70. The zero-order chi connectivity index (χ0) is 16.2. The first kappa shape index (κ1) is 17.4. The van der Waals surface area contributed by atoms with Crippen LogP contribution in [0.2, 0.25) is 0 Å². The highest BCUT2D eigenvalue weighted by atomic mass is 16.5. The van der Waals surface area contributed by atoms with Crippen LogP contribution in [0, 0.1) is 5.92 Å². The second-order valence-electron chi connectivity index (χ2n) is 5.79. The fourth-order valence-electron chi connectivity index (χ4n) is 2.51. The van der Waals surface area contributed by atoms with Crippen molar-refractivity contribution < 1.29 is 24.2 Å². The van der Waals surface area contributed by atoms with Crippen LogP contribution in [0.4, 0.5) is 0 Å². The lowest BCUT2D eigenvalue weighted by Gasteiger charge is -2.25. The van der Waals surface area contributed by atoms with Crippen molar-refractivity contribution in [2.24, 2.45) is 5.92 Å². The average molecular weight is 300 g/mol. The van der Waals surface area contributed by atoms with E-state index in [-0.39, 0.29) is 24.8 Å². The van der Waals surface area contributed by atoms with Gasteiger partial charge in [0.05, 0.1) is 13.2 Å². The fraction of sp³-hybridized carbons (Fsp3) is 0.786. The van der Waals surface area contributed by atoms with Crippen LogP contribution in [-0.2, 0) is 19.1 Å². The second-order valence-corrected chi connectivity index (χ2v) is 5.79. The van der Waals surface area contributed by atoms with Crippen LogP contribution in [0.5, 0.6) is 0 Å². The van der Waals surface area contributed by atoms with E-state index < -0.39 is 30.1 Å². The van der Waals surface area contributed by atoms with Crippen LogP contribution in [0.1, 0.15) is 33.6 Å². The number of rotatable bonds is 5. The molecule has 120 valence electrons. The molecule has 7 nitrogen and oxygen atoms in total. The zero-order valence-electron chi connectivity index (χ0n) is 13.0. The summed E-state index contributed by atoms with van der Waals surface area (Å²) in [6.45, 7) is 5.36. The first-order valence-electron chi connectivity index (χ1n) is 7.09. The summed E-state index contributed by atoms with van der Waals surface area (Å²) >= 11 is 0. The van der Waals surface area contributed by atoms with Crippen molar-refractivity contribution in [1.82, 2.24) is 10.2 Å². The Morgan fingerprint density at radius 2 is 2.00 bits per heavy atom. The van der Waals surface area contributed by atoms with E-state index in [2.05, 4.69) is 10.1 Å². The molecule has 1 fully saturated rings. The molecule has 0 aliphatic carbocycles. The fourth-order valence-corrected chi connectivity index (χ4v) is 2.51. The van der Waals surface area contributed by atoms with E-state index in [0.29, 0.717) is 6.42 Å². The molecular formula is C14H24N2O5. The van der Waals surface area contributed by atoms with Gasteiger partial charge in [0.25, 0.3) is 0 Å². The molecule has 1 aliphatic heterocycles. The molecule has 0 saturated carbocycles. The largest absolute Gasteiger partial charge is 0.467 e. The molecule has 0 aromatic heterocycles. The third-order valence-electron chi connectivity index (χ3n) is 3.50. The Kier molecular flexibility index (Phi) is 6.14. The van der Waals surface area contributed by atoms with Gasteiger partial charge in [0, 0.05) is 19.9 Å². The van der Waals surface area contributed by atoms with Gasteiger partial charge < -0.3 is 20.1 Å². The quantitative estimate of drug-likeness (QED) is 0.678. The lowest BCUT2D eigenvalue weighted by atomic mass is 10.0. The van der Waals surface area contributed by atoms with Crippen molar-refractivity contribution in [2.45, 2.75) is 51.8 Å². The molecule has 1 aliphatic rings. The van der Waals surface area contributed by atoms with Gasteiger partial charge in [0.1, 0.15) is 12.1 Å². The maximum Gasteiger partial charge on any atom is 0.328 e. The molecule has 1 heterocycles. The first-order valence-corrected chi connectivity index (χ1v) is 7.09. The van der Waals surface area contributed by atoms with Crippen molar-refractivity contribution in [3.8, 4) is 0 Å². The van der Waals surface area contributed by atoms with E-state index in [1.807, 2.05) is 13.8 Å². The summed E-state index contributed by atoms with van der Waals surface area (Å²) in [6, 6.07) is -1.48. The van der Waals surface area contributed by atoms with Crippen molar-refractivity contribution in [1.29, 1.82) is 0 Å². The number of esters is 1. The number of nitrogens with zero attached hydrogens (tertiary/aromatic N) is 1. The predicted molar refractivity (Wildman–Crippen MR) is 75.2 cm³/mol. The molecule has 1 rings (SSSR count). The van der Waals surface area contributed by atoms with E-state index in [0.717, 1.165) is 0 Å². The zero-order valence-corrected chi connectivity index (χ0v) is 13.0. The van der Waals surface area contributed by atoms with Crippen LogP contribution < -0.4 is 5.32 Å². The molecule has 2 amide bonds. The summed E-state index contributed by atoms with van der Waals surface area (Å²) in [4.78, 5) is 36.8. The van der Waals surface area contributed by atoms with Gasteiger partial charge in [0.15, 0.2) is 0 Å². The van der Waals surface area contributed by atoms with Gasteiger partial charge in [-0.3, -0.25) is 9.59 Å². The smallest absolute Gasteiger partial charge is 0.328 e. The lowest BCUT2D eigenvalue weighted by molar-refractivity contribution is -0.146. The first-order chi connectivity index (χ1) is 9.76. The Morgan fingerprint density at radius 3 is 2.48 bits per heavy atom. The molecule has 0 bridgehead atoms. The third-order valence-corrected chi connectivity index (χ3v) is 3.50. The van der Waals surface area contributed by atoms with Gasteiger partial charge in [-0.05, 0) is 12.3 Å². The number of aliphatic hydroxyl groups excluding tert-OH is 1. The van der Waals surface area contributed by atoms with Crippen LogP contribution in [0.25, 0.3) is 0 Å². The van der Waals surface area contributed by atoms with E-state index in [1.165, 1.54) is 18.9 Å². The molecule has 7 heteroatoms. The van der Waals surface area contributed by atoms with Crippen LogP contribution in [0.15, 0.2) is 0 Å². The molecule has 21 heavy (non-hydrogen) atoms. The van der Waals surface area contributed by atoms with Gasteiger partial charge in [-0.15, -0.1) is 0 Å². The monoisotopic (exact) mass is 300 g/mol. The molecule has 0 aromatic rings. The van der Waals surface area contributed by atoms with Gasteiger partial charge in [-0.2, -0.15) is 0 Å². The Morgan fingerprint density at radius 1 is 1.38 bits per heavy atom. The number of amides is 2. The molecule has 1 saturated heterocycles. The highest BCUT2D eigenvalue weighted by molar-refractivity contribution is 5.90. The summed E-state index contributed by atoms with van der Waals surface area (Å²) in [5.41, 5.74) is 0. The highest BCUT2D eigenvalue weighted by Crippen LogP contribution is 2.19. The van der Waals surface area contributed by atoms with Crippen molar-refractivity contribution in [3.63, 3.8) is 0 Å². The summed E-state index contributed by atoms with van der Waals surface area (Å²) in [7, 11) is 1.27.